The smallest absolute Gasteiger partial charge is 0.126 e. The molecule has 2 aromatic rings. The van der Waals surface area contributed by atoms with Gasteiger partial charge < -0.3 is 5.32 Å². The normalized spacial score (nSPS) is 9.83. The van der Waals surface area contributed by atoms with Gasteiger partial charge in [0.05, 0.1) is 11.3 Å². The first-order valence-corrected chi connectivity index (χ1v) is 5.87. The van der Waals surface area contributed by atoms with Gasteiger partial charge >= 0.3 is 0 Å². The van der Waals surface area contributed by atoms with E-state index in [1.54, 1.807) is 0 Å². The molecule has 0 radical (unpaired) electrons. The number of benzene rings is 1. The van der Waals surface area contributed by atoms with Gasteiger partial charge in [-0.2, -0.15) is 5.26 Å². The van der Waals surface area contributed by atoms with Gasteiger partial charge in [0, 0.05) is 6.54 Å². The average Bonchev–Trinajstić information content (AvgIpc) is 2.37. The standard InChI is InChI=1S/C15H15N3/c1-11-8-15(18-12(2)14(11)9-16)17-10-13-6-4-3-5-7-13/h3-8H,10H2,1-2H3,(H,17,18). The molecule has 3 nitrogen and oxygen atoms in total. The number of hydrogen-bond donors (Lipinski definition) is 1. The van der Waals surface area contributed by atoms with Gasteiger partial charge in [-0.25, -0.2) is 4.98 Å². The highest BCUT2D eigenvalue weighted by atomic mass is 15.0. The first-order chi connectivity index (χ1) is 8.70. The van der Waals surface area contributed by atoms with Crippen LogP contribution in [-0.2, 0) is 6.54 Å². The van der Waals surface area contributed by atoms with E-state index in [0.29, 0.717) is 5.56 Å². The molecule has 0 fully saturated rings. The molecule has 2 rings (SSSR count). The molecule has 0 unspecified atom stereocenters. The lowest BCUT2D eigenvalue weighted by Crippen LogP contribution is -2.04. The van der Waals surface area contributed by atoms with E-state index in [0.717, 1.165) is 23.6 Å². The summed E-state index contributed by atoms with van der Waals surface area (Å²) in [7, 11) is 0. The van der Waals surface area contributed by atoms with Crippen LogP contribution in [0.4, 0.5) is 5.82 Å². The molecule has 0 aliphatic rings. The van der Waals surface area contributed by atoms with Crippen LogP contribution in [0.3, 0.4) is 0 Å². The molecule has 3 heteroatoms. The Kier molecular flexibility index (Phi) is 3.59. The molecule has 1 aromatic heterocycles. The molecule has 0 aliphatic carbocycles. The summed E-state index contributed by atoms with van der Waals surface area (Å²) in [6.45, 7) is 4.53. The maximum atomic E-state index is 8.99. The van der Waals surface area contributed by atoms with Crippen molar-refractivity contribution in [3.8, 4) is 6.07 Å². The number of nitrogens with one attached hydrogen (secondary N) is 1. The topological polar surface area (TPSA) is 48.7 Å². The van der Waals surface area contributed by atoms with Crippen molar-refractivity contribution in [1.82, 2.24) is 4.98 Å². The molecular weight excluding hydrogens is 222 g/mol. The van der Waals surface area contributed by atoms with E-state index < -0.39 is 0 Å². The molecule has 1 N–H and O–H groups in total. The zero-order valence-electron chi connectivity index (χ0n) is 10.6. The highest BCUT2D eigenvalue weighted by Crippen LogP contribution is 2.16. The second kappa shape index (κ2) is 5.33. The summed E-state index contributed by atoms with van der Waals surface area (Å²) in [5, 5.41) is 12.3. The number of anilines is 1. The van der Waals surface area contributed by atoms with Crippen molar-refractivity contribution in [1.29, 1.82) is 5.26 Å². The van der Waals surface area contributed by atoms with Crippen LogP contribution in [0.25, 0.3) is 0 Å². The lowest BCUT2D eigenvalue weighted by Gasteiger charge is -2.09. The first-order valence-electron chi connectivity index (χ1n) is 5.87. The molecule has 0 aliphatic heterocycles. The van der Waals surface area contributed by atoms with E-state index in [9.17, 15) is 0 Å². The summed E-state index contributed by atoms with van der Waals surface area (Å²) in [6.07, 6.45) is 0. The molecule has 0 saturated carbocycles. The zero-order valence-corrected chi connectivity index (χ0v) is 10.6. The molecule has 0 bridgehead atoms. The second-order valence-corrected chi connectivity index (χ2v) is 4.24. The molecule has 1 aromatic carbocycles. The maximum absolute atomic E-state index is 8.99. The number of nitriles is 1. The molecule has 90 valence electrons. The third-order valence-electron chi connectivity index (χ3n) is 2.83. The molecular formula is C15H15N3. The van der Waals surface area contributed by atoms with E-state index >= 15 is 0 Å². The Hall–Kier alpha value is -2.34. The van der Waals surface area contributed by atoms with Crippen LogP contribution in [0.2, 0.25) is 0 Å². The number of rotatable bonds is 3. The number of pyridine rings is 1. The van der Waals surface area contributed by atoms with Gasteiger partial charge in [-0.3, -0.25) is 0 Å². The second-order valence-electron chi connectivity index (χ2n) is 4.24. The van der Waals surface area contributed by atoms with Gasteiger partial charge in [0.1, 0.15) is 11.9 Å². The lowest BCUT2D eigenvalue weighted by molar-refractivity contribution is 1.07. The fourth-order valence-corrected chi connectivity index (χ4v) is 1.88. The van der Waals surface area contributed by atoms with Crippen molar-refractivity contribution in [3.05, 3.63) is 58.8 Å². The van der Waals surface area contributed by atoms with E-state index in [-0.39, 0.29) is 0 Å². The lowest BCUT2D eigenvalue weighted by atomic mass is 10.1. The van der Waals surface area contributed by atoms with Gasteiger partial charge in [-0.1, -0.05) is 30.3 Å². The van der Waals surface area contributed by atoms with E-state index in [1.807, 2.05) is 38.1 Å². The van der Waals surface area contributed by atoms with Gasteiger partial charge in [0.2, 0.25) is 0 Å². The summed E-state index contributed by atoms with van der Waals surface area (Å²) < 4.78 is 0. The molecule has 0 atom stereocenters. The van der Waals surface area contributed by atoms with Crippen molar-refractivity contribution >= 4 is 5.82 Å². The molecule has 0 saturated heterocycles. The Morgan fingerprint density at radius 2 is 1.94 bits per heavy atom. The Morgan fingerprint density at radius 1 is 1.22 bits per heavy atom. The fraction of sp³-hybridized carbons (Fsp3) is 0.200. The summed E-state index contributed by atoms with van der Waals surface area (Å²) >= 11 is 0. The molecule has 18 heavy (non-hydrogen) atoms. The molecule has 0 amide bonds. The molecule has 1 heterocycles. The number of nitrogens with zero attached hydrogens (tertiary/aromatic N) is 2. The SMILES string of the molecule is Cc1cc(NCc2ccccc2)nc(C)c1C#N. The highest BCUT2D eigenvalue weighted by Gasteiger charge is 2.05. The fourth-order valence-electron chi connectivity index (χ4n) is 1.88. The monoisotopic (exact) mass is 237 g/mol. The van der Waals surface area contributed by atoms with Crippen molar-refractivity contribution in [3.63, 3.8) is 0 Å². The van der Waals surface area contributed by atoms with Crippen molar-refractivity contribution < 1.29 is 0 Å². The van der Waals surface area contributed by atoms with Crippen LogP contribution in [0.15, 0.2) is 36.4 Å². The predicted octanol–water partition coefficient (Wildman–Crippen LogP) is 3.18. The van der Waals surface area contributed by atoms with Crippen LogP contribution in [0.5, 0.6) is 0 Å². The van der Waals surface area contributed by atoms with Gasteiger partial charge in [0.15, 0.2) is 0 Å². The minimum absolute atomic E-state index is 0.667. The molecule has 0 spiro atoms. The average molecular weight is 237 g/mol. The highest BCUT2D eigenvalue weighted by molar-refractivity contribution is 5.48. The van der Waals surface area contributed by atoms with E-state index in [4.69, 9.17) is 5.26 Å². The Labute approximate surface area is 107 Å². The first kappa shape index (κ1) is 12.1. The minimum atomic E-state index is 0.667. The number of aryl methyl sites for hydroxylation is 2. The van der Waals surface area contributed by atoms with Crippen LogP contribution >= 0.6 is 0 Å². The summed E-state index contributed by atoms with van der Waals surface area (Å²) in [6, 6.07) is 14.2. The van der Waals surface area contributed by atoms with E-state index in [2.05, 4.69) is 28.5 Å². The van der Waals surface area contributed by atoms with E-state index in [1.165, 1.54) is 5.56 Å². The Bertz CT molecular complexity index is 559. The van der Waals surface area contributed by atoms with Crippen molar-refractivity contribution in [2.24, 2.45) is 0 Å². The third-order valence-corrected chi connectivity index (χ3v) is 2.83. The quantitative estimate of drug-likeness (QED) is 0.891. The van der Waals surface area contributed by atoms with Gasteiger partial charge in [0.25, 0.3) is 0 Å². The summed E-state index contributed by atoms with van der Waals surface area (Å²) in [5.41, 5.74) is 3.60. The Balaban J connectivity index is 2.14. The van der Waals surface area contributed by atoms with Crippen LogP contribution in [-0.4, -0.2) is 4.98 Å². The van der Waals surface area contributed by atoms with Crippen LogP contribution in [0.1, 0.15) is 22.4 Å². The minimum Gasteiger partial charge on any atom is -0.366 e. The predicted molar refractivity (Wildman–Crippen MR) is 72.2 cm³/mol. The van der Waals surface area contributed by atoms with Crippen LogP contribution in [0, 0.1) is 25.2 Å². The van der Waals surface area contributed by atoms with Crippen LogP contribution < -0.4 is 5.32 Å². The summed E-state index contributed by atoms with van der Waals surface area (Å²) in [4.78, 5) is 4.39. The Morgan fingerprint density at radius 3 is 2.56 bits per heavy atom. The largest absolute Gasteiger partial charge is 0.366 e. The maximum Gasteiger partial charge on any atom is 0.126 e. The van der Waals surface area contributed by atoms with Crippen molar-refractivity contribution in [2.75, 3.05) is 5.32 Å². The van der Waals surface area contributed by atoms with Gasteiger partial charge in [-0.05, 0) is 31.0 Å². The number of hydrogen-bond acceptors (Lipinski definition) is 3. The number of aromatic nitrogens is 1. The summed E-state index contributed by atoms with van der Waals surface area (Å²) in [5.74, 6) is 0.813. The van der Waals surface area contributed by atoms with Gasteiger partial charge in [-0.15, -0.1) is 0 Å². The van der Waals surface area contributed by atoms with Crippen molar-refractivity contribution in [2.45, 2.75) is 20.4 Å². The zero-order chi connectivity index (χ0) is 13.0. The third kappa shape index (κ3) is 2.67.